The number of carbonyl (C=O) groups is 1. The molecule has 0 spiro atoms. The van der Waals surface area contributed by atoms with Crippen LogP contribution in [0, 0.1) is 6.92 Å². The molecular formula is C23H31IN4O. The number of hydrogen-bond donors (Lipinski definition) is 2. The smallest absolute Gasteiger partial charge is 0.241 e. The van der Waals surface area contributed by atoms with E-state index in [1.807, 2.05) is 6.07 Å². The van der Waals surface area contributed by atoms with Gasteiger partial charge < -0.3 is 15.5 Å². The standard InChI is InChI=1S/C23H30N4O.HI/c1-17-7-6-8-18(13-17)15-24-23(25-16-22(28)27(2)3)26-21-12-11-19-9-4-5-10-20(19)14-21;/h4-10,13,21H,11-12,14-16H2,1-3H3,(H2,24,25,26);1H. The lowest BCUT2D eigenvalue weighted by Gasteiger charge is -2.27. The molecule has 1 unspecified atom stereocenters. The summed E-state index contributed by atoms with van der Waals surface area (Å²) in [5.74, 6) is 0.722. The van der Waals surface area contributed by atoms with Crippen molar-refractivity contribution in [3.8, 4) is 0 Å². The van der Waals surface area contributed by atoms with Gasteiger partial charge in [0.25, 0.3) is 0 Å². The van der Waals surface area contributed by atoms with Crippen LogP contribution in [-0.2, 0) is 24.2 Å². The van der Waals surface area contributed by atoms with E-state index in [4.69, 9.17) is 4.99 Å². The van der Waals surface area contributed by atoms with Crippen LogP contribution in [0.25, 0.3) is 0 Å². The molecule has 3 rings (SSSR count). The topological polar surface area (TPSA) is 56.7 Å². The predicted molar refractivity (Wildman–Crippen MR) is 130 cm³/mol. The van der Waals surface area contributed by atoms with Crippen LogP contribution in [0.1, 0.15) is 28.7 Å². The Morgan fingerprint density at radius 1 is 1.14 bits per heavy atom. The molecule has 29 heavy (non-hydrogen) atoms. The van der Waals surface area contributed by atoms with Crippen LogP contribution in [0.2, 0.25) is 0 Å². The Morgan fingerprint density at radius 2 is 1.90 bits per heavy atom. The molecule has 156 valence electrons. The third-order valence-corrected chi connectivity index (χ3v) is 5.10. The SMILES string of the molecule is Cc1cccc(CN=C(NCC(=O)N(C)C)NC2CCc3ccccc3C2)c1.I. The van der Waals surface area contributed by atoms with Gasteiger partial charge in [0.1, 0.15) is 0 Å². The van der Waals surface area contributed by atoms with Crippen LogP contribution >= 0.6 is 24.0 Å². The average Bonchev–Trinajstić information content (AvgIpc) is 2.69. The van der Waals surface area contributed by atoms with Gasteiger partial charge >= 0.3 is 0 Å². The molecule has 0 saturated heterocycles. The summed E-state index contributed by atoms with van der Waals surface area (Å²) in [5.41, 5.74) is 5.22. The maximum absolute atomic E-state index is 12.0. The highest BCUT2D eigenvalue weighted by atomic mass is 127. The number of nitrogens with one attached hydrogen (secondary N) is 2. The van der Waals surface area contributed by atoms with Gasteiger partial charge in [0.2, 0.25) is 5.91 Å². The Kier molecular flexibility index (Phi) is 8.95. The molecule has 1 aliphatic rings. The fourth-order valence-electron chi connectivity index (χ4n) is 3.47. The number of halogens is 1. The van der Waals surface area contributed by atoms with Crippen LogP contribution in [0.4, 0.5) is 0 Å². The first kappa shape index (κ1) is 23.2. The van der Waals surface area contributed by atoms with Crippen LogP contribution in [0.5, 0.6) is 0 Å². The molecule has 0 saturated carbocycles. The number of fused-ring (bicyclic) bond motifs is 1. The molecule has 0 bridgehead atoms. The van der Waals surface area contributed by atoms with Gasteiger partial charge in [0.05, 0.1) is 13.1 Å². The number of likely N-dealkylation sites (N-methyl/N-ethyl adjacent to an activating group) is 1. The summed E-state index contributed by atoms with van der Waals surface area (Å²) >= 11 is 0. The second-order valence-electron chi connectivity index (χ2n) is 7.65. The van der Waals surface area contributed by atoms with Crippen LogP contribution in [0.15, 0.2) is 53.5 Å². The Labute approximate surface area is 191 Å². The second kappa shape index (κ2) is 11.2. The number of amides is 1. The number of nitrogens with zero attached hydrogens (tertiary/aromatic N) is 2. The van der Waals surface area contributed by atoms with Gasteiger partial charge in [-0.05, 0) is 42.9 Å². The third-order valence-electron chi connectivity index (χ3n) is 5.10. The molecular weight excluding hydrogens is 475 g/mol. The largest absolute Gasteiger partial charge is 0.353 e. The third kappa shape index (κ3) is 7.03. The highest BCUT2D eigenvalue weighted by molar-refractivity contribution is 14.0. The van der Waals surface area contributed by atoms with Gasteiger partial charge in [0, 0.05) is 20.1 Å². The minimum absolute atomic E-state index is 0. The second-order valence-corrected chi connectivity index (χ2v) is 7.65. The fourth-order valence-corrected chi connectivity index (χ4v) is 3.47. The van der Waals surface area contributed by atoms with Gasteiger partial charge in [-0.15, -0.1) is 24.0 Å². The van der Waals surface area contributed by atoms with Crippen LogP contribution in [-0.4, -0.2) is 43.4 Å². The first-order valence-electron chi connectivity index (χ1n) is 9.88. The molecule has 0 heterocycles. The number of hydrogen-bond acceptors (Lipinski definition) is 2. The minimum Gasteiger partial charge on any atom is -0.353 e. The Bertz CT molecular complexity index is 850. The van der Waals surface area contributed by atoms with Gasteiger partial charge in [-0.3, -0.25) is 4.79 Å². The van der Waals surface area contributed by atoms with E-state index >= 15 is 0 Å². The lowest BCUT2D eigenvalue weighted by Crippen LogP contribution is -2.48. The van der Waals surface area contributed by atoms with Crippen molar-refractivity contribution in [1.82, 2.24) is 15.5 Å². The zero-order valence-electron chi connectivity index (χ0n) is 17.4. The van der Waals surface area contributed by atoms with E-state index in [0.29, 0.717) is 18.5 Å². The van der Waals surface area contributed by atoms with Gasteiger partial charge in [-0.1, -0.05) is 54.1 Å². The molecule has 0 fully saturated rings. The van der Waals surface area contributed by atoms with Crippen LogP contribution in [0.3, 0.4) is 0 Å². The average molecular weight is 506 g/mol. The first-order valence-corrected chi connectivity index (χ1v) is 9.88. The van der Waals surface area contributed by atoms with Crippen LogP contribution < -0.4 is 10.6 Å². The first-order chi connectivity index (χ1) is 13.5. The van der Waals surface area contributed by atoms with Crippen molar-refractivity contribution in [2.24, 2.45) is 4.99 Å². The minimum atomic E-state index is 0. The molecule has 2 N–H and O–H groups in total. The Hall–Kier alpha value is -2.09. The number of aryl methyl sites for hydroxylation is 2. The maximum Gasteiger partial charge on any atom is 0.241 e. The summed E-state index contributed by atoms with van der Waals surface area (Å²) in [6.07, 6.45) is 3.10. The van der Waals surface area contributed by atoms with E-state index in [1.165, 1.54) is 16.7 Å². The van der Waals surface area contributed by atoms with Crippen molar-refractivity contribution in [3.05, 3.63) is 70.8 Å². The molecule has 2 aromatic rings. The summed E-state index contributed by atoms with van der Waals surface area (Å²) in [6.45, 7) is 2.90. The molecule has 0 aliphatic heterocycles. The van der Waals surface area contributed by atoms with Crippen molar-refractivity contribution < 1.29 is 4.79 Å². The number of rotatable bonds is 5. The van der Waals surface area contributed by atoms with Crippen molar-refractivity contribution in [3.63, 3.8) is 0 Å². The quantitative estimate of drug-likeness (QED) is 0.372. The number of carbonyl (C=O) groups excluding carboxylic acids is 1. The lowest BCUT2D eigenvalue weighted by molar-refractivity contribution is -0.127. The van der Waals surface area contributed by atoms with Gasteiger partial charge in [-0.25, -0.2) is 4.99 Å². The molecule has 2 aromatic carbocycles. The predicted octanol–water partition coefficient (Wildman–Crippen LogP) is 3.29. The zero-order chi connectivity index (χ0) is 19.9. The summed E-state index contributed by atoms with van der Waals surface area (Å²) < 4.78 is 0. The molecule has 0 aromatic heterocycles. The highest BCUT2D eigenvalue weighted by Crippen LogP contribution is 2.21. The fraction of sp³-hybridized carbons (Fsp3) is 0.391. The maximum atomic E-state index is 12.0. The van der Waals surface area contributed by atoms with Crippen molar-refractivity contribution in [2.45, 2.75) is 38.8 Å². The van der Waals surface area contributed by atoms with E-state index in [1.54, 1.807) is 19.0 Å². The summed E-state index contributed by atoms with van der Waals surface area (Å²) in [4.78, 5) is 18.3. The molecule has 1 atom stereocenters. The Balaban J connectivity index is 0.00000300. The summed E-state index contributed by atoms with van der Waals surface area (Å²) in [5, 5.41) is 6.75. The normalized spacial score (nSPS) is 15.7. The molecule has 1 amide bonds. The van der Waals surface area contributed by atoms with Crippen molar-refractivity contribution in [1.29, 1.82) is 0 Å². The molecule has 1 aliphatic carbocycles. The molecule has 5 nitrogen and oxygen atoms in total. The summed E-state index contributed by atoms with van der Waals surface area (Å²) in [7, 11) is 3.53. The highest BCUT2D eigenvalue weighted by Gasteiger charge is 2.19. The molecule has 6 heteroatoms. The van der Waals surface area contributed by atoms with E-state index < -0.39 is 0 Å². The van der Waals surface area contributed by atoms with Gasteiger partial charge in [0.15, 0.2) is 5.96 Å². The molecule has 0 radical (unpaired) electrons. The number of benzene rings is 2. The van der Waals surface area contributed by atoms with E-state index in [9.17, 15) is 4.79 Å². The monoisotopic (exact) mass is 506 g/mol. The van der Waals surface area contributed by atoms with E-state index in [0.717, 1.165) is 24.8 Å². The van der Waals surface area contributed by atoms with Crippen molar-refractivity contribution >= 4 is 35.8 Å². The van der Waals surface area contributed by atoms with E-state index in [-0.39, 0.29) is 36.4 Å². The number of aliphatic imine (C=N–C) groups is 1. The van der Waals surface area contributed by atoms with E-state index in [2.05, 4.69) is 60.0 Å². The lowest BCUT2D eigenvalue weighted by atomic mass is 9.88. The van der Waals surface area contributed by atoms with Gasteiger partial charge in [-0.2, -0.15) is 0 Å². The van der Waals surface area contributed by atoms with Crippen molar-refractivity contribution in [2.75, 3.05) is 20.6 Å². The number of guanidine groups is 1. The zero-order valence-corrected chi connectivity index (χ0v) is 19.8. The summed E-state index contributed by atoms with van der Waals surface area (Å²) in [6, 6.07) is 17.3. The Morgan fingerprint density at radius 3 is 2.62 bits per heavy atom.